The van der Waals surface area contributed by atoms with E-state index in [9.17, 15) is 9.59 Å². The van der Waals surface area contributed by atoms with Crippen LogP contribution in [0, 0.1) is 0 Å². The van der Waals surface area contributed by atoms with E-state index in [2.05, 4.69) is 28.9 Å². The van der Waals surface area contributed by atoms with Gasteiger partial charge in [0.15, 0.2) is 5.82 Å². The van der Waals surface area contributed by atoms with Gasteiger partial charge >= 0.3 is 6.09 Å². The van der Waals surface area contributed by atoms with Crippen molar-refractivity contribution in [2.45, 2.75) is 85.2 Å². The first kappa shape index (κ1) is 27.5. The summed E-state index contributed by atoms with van der Waals surface area (Å²) in [6, 6.07) is 7.82. The third kappa shape index (κ3) is 5.50. The molecule has 212 valence electrons. The molecule has 2 amide bonds. The van der Waals surface area contributed by atoms with Crippen molar-refractivity contribution in [2.24, 2.45) is 0 Å². The van der Waals surface area contributed by atoms with Crippen molar-refractivity contribution in [3.63, 3.8) is 0 Å². The zero-order valence-corrected chi connectivity index (χ0v) is 24.2. The Balaban J connectivity index is 1.49. The van der Waals surface area contributed by atoms with E-state index in [1.54, 1.807) is 18.3 Å². The number of carbonyl (C=O) groups is 2. The highest BCUT2D eigenvalue weighted by atomic mass is 16.6. The first-order chi connectivity index (χ1) is 19.1. The van der Waals surface area contributed by atoms with Crippen LogP contribution in [0.15, 0.2) is 30.6 Å². The average molecular weight is 547 g/mol. The Bertz CT molecular complexity index is 1410. The fourth-order valence-electron chi connectivity index (χ4n) is 5.27. The van der Waals surface area contributed by atoms with Gasteiger partial charge in [0.1, 0.15) is 29.3 Å². The quantitative estimate of drug-likeness (QED) is 0.421. The molecule has 0 aromatic carbocycles. The van der Waals surface area contributed by atoms with Gasteiger partial charge in [-0.1, -0.05) is 13.0 Å². The molecule has 11 nitrogen and oxygen atoms in total. The minimum atomic E-state index is -0.613. The number of carbonyl (C=O) groups excluding carboxylic acids is 2. The van der Waals surface area contributed by atoms with E-state index < -0.39 is 11.7 Å². The molecule has 0 aliphatic carbocycles. The minimum absolute atomic E-state index is 0.133. The lowest BCUT2D eigenvalue weighted by molar-refractivity contribution is 0.0282. The van der Waals surface area contributed by atoms with E-state index in [0.29, 0.717) is 41.2 Å². The first-order valence-corrected chi connectivity index (χ1v) is 14.0. The monoisotopic (exact) mass is 546 g/mol. The van der Waals surface area contributed by atoms with E-state index in [-0.39, 0.29) is 12.5 Å². The van der Waals surface area contributed by atoms with Crippen LogP contribution in [-0.2, 0) is 24.4 Å². The largest absolute Gasteiger partial charge is 0.444 e. The van der Waals surface area contributed by atoms with Crippen molar-refractivity contribution in [1.82, 2.24) is 29.6 Å². The molecule has 3 aromatic rings. The summed E-state index contributed by atoms with van der Waals surface area (Å²) < 4.78 is 7.54. The number of pyridine rings is 2. The summed E-state index contributed by atoms with van der Waals surface area (Å²) in [5.41, 5.74) is 2.13. The lowest BCUT2D eigenvalue weighted by Crippen LogP contribution is -2.34. The Hall–Kier alpha value is -4.02. The van der Waals surface area contributed by atoms with Gasteiger partial charge in [0.25, 0.3) is 5.91 Å². The number of aromatic nitrogens is 5. The van der Waals surface area contributed by atoms with Crippen molar-refractivity contribution in [2.75, 3.05) is 23.4 Å². The molecule has 5 rings (SSSR count). The highest BCUT2D eigenvalue weighted by Crippen LogP contribution is 2.34. The molecule has 1 saturated heterocycles. The lowest BCUT2D eigenvalue weighted by atomic mass is 10.1. The van der Waals surface area contributed by atoms with Crippen LogP contribution in [0.5, 0.6) is 0 Å². The molecule has 0 unspecified atom stereocenters. The average Bonchev–Trinajstić information content (AvgIpc) is 3.62. The molecular weight excluding hydrogens is 508 g/mol. The summed E-state index contributed by atoms with van der Waals surface area (Å²) in [7, 11) is 1.69. The van der Waals surface area contributed by atoms with Gasteiger partial charge in [0.05, 0.1) is 24.3 Å². The number of rotatable bonds is 7. The third-order valence-electron chi connectivity index (χ3n) is 7.25. The molecular formula is C29H38N8O3. The lowest BCUT2D eigenvalue weighted by Gasteiger charge is -2.26. The summed E-state index contributed by atoms with van der Waals surface area (Å²) in [6.07, 6.45) is 4.35. The van der Waals surface area contributed by atoms with Crippen LogP contribution < -0.4 is 9.80 Å². The number of anilines is 2. The normalized spacial score (nSPS) is 16.9. The molecule has 0 spiro atoms. The number of hydrogen-bond donors (Lipinski definition) is 0. The zero-order chi connectivity index (χ0) is 28.6. The molecule has 0 saturated carbocycles. The van der Waals surface area contributed by atoms with Gasteiger partial charge in [0, 0.05) is 31.7 Å². The van der Waals surface area contributed by atoms with E-state index in [1.165, 1.54) is 4.90 Å². The Morgan fingerprint density at radius 1 is 1.20 bits per heavy atom. The van der Waals surface area contributed by atoms with Gasteiger partial charge in [-0.2, -0.15) is 0 Å². The molecule has 0 bridgehead atoms. The van der Waals surface area contributed by atoms with Crippen LogP contribution in [0.25, 0.3) is 11.5 Å². The fourth-order valence-corrected chi connectivity index (χ4v) is 5.27. The number of ether oxygens (including phenoxy) is 1. The number of aryl methyl sites for hydroxylation is 1. The maximum atomic E-state index is 13.9. The van der Waals surface area contributed by atoms with Gasteiger partial charge in [-0.05, 0) is 65.2 Å². The minimum Gasteiger partial charge on any atom is -0.444 e. The Morgan fingerprint density at radius 3 is 2.70 bits per heavy atom. The molecule has 1 atom stereocenters. The molecule has 5 heterocycles. The topological polar surface area (TPSA) is 110 Å². The second-order valence-corrected chi connectivity index (χ2v) is 11.6. The summed E-state index contributed by atoms with van der Waals surface area (Å²) in [4.78, 5) is 41.9. The van der Waals surface area contributed by atoms with E-state index >= 15 is 0 Å². The maximum absolute atomic E-state index is 13.9. The summed E-state index contributed by atoms with van der Waals surface area (Å²) >= 11 is 0. The van der Waals surface area contributed by atoms with Gasteiger partial charge in [-0.15, -0.1) is 10.2 Å². The Morgan fingerprint density at radius 2 is 2.00 bits per heavy atom. The second kappa shape index (κ2) is 10.9. The van der Waals surface area contributed by atoms with Crippen LogP contribution in [0.1, 0.15) is 75.5 Å². The van der Waals surface area contributed by atoms with Crippen molar-refractivity contribution in [3.05, 3.63) is 47.4 Å². The second-order valence-electron chi connectivity index (χ2n) is 11.6. The van der Waals surface area contributed by atoms with Gasteiger partial charge in [-0.3, -0.25) is 9.69 Å². The first-order valence-electron chi connectivity index (χ1n) is 14.0. The molecule has 40 heavy (non-hydrogen) atoms. The Kier molecular flexibility index (Phi) is 7.48. The van der Waals surface area contributed by atoms with Crippen LogP contribution in [0.4, 0.5) is 16.4 Å². The van der Waals surface area contributed by atoms with E-state index in [4.69, 9.17) is 14.7 Å². The zero-order valence-electron chi connectivity index (χ0n) is 24.2. The highest BCUT2D eigenvalue weighted by molar-refractivity contribution is 6.10. The number of amides is 2. The maximum Gasteiger partial charge on any atom is 0.410 e. The predicted molar refractivity (Wildman–Crippen MR) is 152 cm³/mol. The van der Waals surface area contributed by atoms with Crippen LogP contribution in [0.2, 0.25) is 0 Å². The fraction of sp³-hybridized carbons (Fsp3) is 0.517. The molecule has 1 fully saturated rings. The van der Waals surface area contributed by atoms with Gasteiger partial charge < -0.3 is 19.1 Å². The standard InChI is InChI=1S/C29H38N8O3/c1-7-13-35-18-30-33-26(35)22-11-8-12-24(31-22)37-16-21-20(27(37)38)15-25(36-14-9-10-19(36)2)32-23(21)17-34(6)28(39)40-29(3,4)5/h8,11-12,15,18-19H,7,9-10,13-14,16-17H2,1-6H3/t19-/m1/s1. The van der Waals surface area contributed by atoms with Gasteiger partial charge in [-0.25, -0.2) is 14.8 Å². The van der Waals surface area contributed by atoms with Gasteiger partial charge in [0.2, 0.25) is 0 Å². The van der Waals surface area contributed by atoms with Crippen molar-refractivity contribution >= 4 is 23.6 Å². The molecule has 3 aromatic heterocycles. The van der Waals surface area contributed by atoms with Crippen molar-refractivity contribution < 1.29 is 14.3 Å². The molecule has 2 aliphatic heterocycles. The van der Waals surface area contributed by atoms with Crippen molar-refractivity contribution in [3.8, 4) is 11.5 Å². The number of fused-ring (bicyclic) bond motifs is 1. The van der Waals surface area contributed by atoms with Crippen LogP contribution >= 0.6 is 0 Å². The van der Waals surface area contributed by atoms with Crippen molar-refractivity contribution in [1.29, 1.82) is 0 Å². The third-order valence-corrected chi connectivity index (χ3v) is 7.25. The number of hydrogen-bond acceptors (Lipinski definition) is 8. The van der Waals surface area contributed by atoms with E-state index in [0.717, 1.165) is 43.7 Å². The molecule has 11 heteroatoms. The molecule has 0 radical (unpaired) electrons. The predicted octanol–water partition coefficient (Wildman–Crippen LogP) is 4.66. The SMILES string of the molecule is CCCn1cnnc1-c1cccc(N2Cc3c(cc(N4CCC[C@H]4C)nc3CN(C)C(=O)OC(C)(C)C)C2=O)n1. The highest BCUT2D eigenvalue weighted by Gasteiger charge is 2.35. The molecule has 2 aliphatic rings. The summed E-state index contributed by atoms with van der Waals surface area (Å²) in [5, 5.41) is 8.32. The summed E-state index contributed by atoms with van der Waals surface area (Å²) in [6.45, 7) is 12.0. The Labute approximate surface area is 235 Å². The summed E-state index contributed by atoms with van der Waals surface area (Å²) in [5.74, 6) is 1.83. The van der Waals surface area contributed by atoms with E-state index in [1.807, 2.05) is 49.6 Å². The smallest absolute Gasteiger partial charge is 0.410 e. The molecule has 0 N–H and O–H groups in total. The van der Waals surface area contributed by atoms with Crippen LogP contribution in [-0.4, -0.2) is 66.9 Å². The number of nitrogens with zero attached hydrogens (tertiary/aromatic N) is 8. The van der Waals surface area contributed by atoms with Crippen LogP contribution in [0.3, 0.4) is 0 Å².